The molecule has 5 nitrogen and oxygen atoms in total. The first-order valence-corrected chi connectivity index (χ1v) is 9.66. The van der Waals surface area contributed by atoms with Crippen molar-refractivity contribution >= 4 is 11.8 Å². The zero-order valence-corrected chi connectivity index (χ0v) is 16.6. The highest BCUT2D eigenvalue weighted by Gasteiger charge is 2.42. The molecule has 1 atom stereocenters. The van der Waals surface area contributed by atoms with Gasteiger partial charge in [0.1, 0.15) is 6.61 Å². The number of primary amides is 1. The molecule has 0 bridgehead atoms. The van der Waals surface area contributed by atoms with Crippen molar-refractivity contribution in [3.63, 3.8) is 0 Å². The Bertz CT molecular complexity index is 830. The molecule has 0 saturated carbocycles. The number of nitrogens with zero attached hydrogens (tertiary/aromatic N) is 1. The van der Waals surface area contributed by atoms with E-state index in [1.807, 2.05) is 0 Å². The highest BCUT2D eigenvalue weighted by molar-refractivity contribution is 5.84. The molecule has 148 valence electrons. The number of rotatable bonds is 6. The van der Waals surface area contributed by atoms with E-state index in [1.54, 1.807) is 4.90 Å². The van der Waals surface area contributed by atoms with Gasteiger partial charge in [0.15, 0.2) is 0 Å². The molecular weight excluding hydrogens is 352 g/mol. The monoisotopic (exact) mass is 380 g/mol. The molecule has 2 amide bonds. The van der Waals surface area contributed by atoms with Crippen molar-refractivity contribution in [1.82, 2.24) is 4.90 Å². The number of ether oxygens (including phenoxy) is 1. The minimum atomic E-state index is -0.729. The summed E-state index contributed by atoms with van der Waals surface area (Å²) in [6.45, 7) is 3.09. The molecule has 0 radical (unpaired) electrons. The summed E-state index contributed by atoms with van der Waals surface area (Å²) >= 11 is 0. The Kier molecular flexibility index (Phi) is 6.15. The molecule has 5 heteroatoms. The molecule has 28 heavy (non-hydrogen) atoms. The first-order chi connectivity index (χ1) is 13.4. The maximum Gasteiger partial charge on any atom is 0.248 e. The smallest absolute Gasteiger partial charge is 0.248 e. The summed E-state index contributed by atoms with van der Waals surface area (Å²) in [6, 6.07) is 16.7. The number of carbonyl (C=O) groups excluding carboxylic acids is 2. The van der Waals surface area contributed by atoms with Crippen molar-refractivity contribution in [1.29, 1.82) is 0 Å². The average Bonchev–Trinajstić information content (AvgIpc) is 2.69. The van der Waals surface area contributed by atoms with Gasteiger partial charge in [-0.2, -0.15) is 0 Å². The predicted molar refractivity (Wildman–Crippen MR) is 110 cm³/mol. The van der Waals surface area contributed by atoms with Gasteiger partial charge in [0, 0.05) is 20.2 Å². The second-order valence-electron chi connectivity index (χ2n) is 7.74. The van der Waals surface area contributed by atoms with Gasteiger partial charge in [0.05, 0.1) is 5.41 Å². The average molecular weight is 380 g/mol. The van der Waals surface area contributed by atoms with Crippen LogP contribution in [0.2, 0.25) is 0 Å². The minimum absolute atomic E-state index is 0.0279. The Labute approximate surface area is 166 Å². The number of hydrogen-bond donors (Lipinski definition) is 1. The number of amides is 2. The third-order valence-corrected chi connectivity index (χ3v) is 5.60. The molecule has 1 saturated heterocycles. The van der Waals surface area contributed by atoms with Gasteiger partial charge in [-0.3, -0.25) is 9.59 Å². The van der Waals surface area contributed by atoms with Crippen molar-refractivity contribution in [3.05, 3.63) is 59.7 Å². The Morgan fingerprint density at radius 3 is 2.25 bits per heavy atom. The Hall–Kier alpha value is -2.66. The number of carbonyl (C=O) groups is 2. The molecule has 3 rings (SSSR count). The van der Waals surface area contributed by atoms with Crippen molar-refractivity contribution in [2.45, 2.75) is 26.2 Å². The summed E-state index contributed by atoms with van der Waals surface area (Å²) in [5.74, 6) is -0.437. The summed E-state index contributed by atoms with van der Waals surface area (Å²) in [6.07, 6.45) is 1.99. The van der Waals surface area contributed by atoms with E-state index in [9.17, 15) is 9.59 Å². The maximum absolute atomic E-state index is 12.4. The van der Waals surface area contributed by atoms with E-state index in [-0.39, 0.29) is 18.4 Å². The first kappa shape index (κ1) is 20.1. The number of likely N-dealkylation sites (tertiary alicyclic amines) is 1. The van der Waals surface area contributed by atoms with Gasteiger partial charge in [0.25, 0.3) is 0 Å². The van der Waals surface area contributed by atoms with Gasteiger partial charge in [-0.1, -0.05) is 54.1 Å². The zero-order chi connectivity index (χ0) is 20.1. The molecular formula is C23H28N2O3. The quantitative estimate of drug-likeness (QED) is 0.837. The third-order valence-electron chi connectivity index (χ3n) is 5.60. The molecule has 2 N–H and O–H groups in total. The molecule has 2 aromatic carbocycles. The van der Waals surface area contributed by atoms with Crippen LogP contribution in [0, 0.1) is 12.3 Å². The third kappa shape index (κ3) is 4.42. The van der Waals surface area contributed by atoms with Crippen LogP contribution in [-0.4, -0.2) is 43.5 Å². The van der Waals surface area contributed by atoms with Crippen molar-refractivity contribution in [2.75, 3.05) is 26.8 Å². The van der Waals surface area contributed by atoms with E-state index in [4.69, 9.17) is 10.5 Å². The Morgan fingerprint density at radius 1 is 1.07 bits per heavy atom. The highest BCUT2D eigenvalue weighted by Crippen LogP contribution is 2.34. The van der Waals surface area contributed by atoms with E-state index in [1.165, 1.54) is 12.7 Å². The van der Waals surface area contributed by atoms with E-state index in [2.05, 4.69) is 55.5 Å². The van der Waals surface area contributed by atoms with Crippen LogP contribution in [0.5, 0.6) is 0 Å². The Morgan fingerprint density at radius 2 is 1.68 bits per heavy atom. The molecule has 2 aromatic rings. The lowest BCUT2D eigenvalue weighted by Gasteiger charge is -2.41. The molecule has 0 aliphatic carbocycles. The van der Waals surface area contributed by atoms with Crippen LogP contribution >= 0.6 is 0 Å². The number of piperidine rings is 1. The lowest BCUT2D eigenvalue weighted by atomic mass is 9.74. The number of nitrogens with two attached hydrogens (primary N) is 1. The van der Waals surface area contributed by atoms with Crippen LogP contribution in [0.1, 0.15) is 24.0 Å². The fourth-order valence-corrected chi connectivity index (χ4v) is 3.94. The summed E-state index contributed by atoms with van der Waals surface area (Å²) in [4.78, 5) is 26.3. The fraction of sp³-hybridized carbons (Fsp3) is 0.391. The van der Waals surface area contributed by atoms with Crippen LogP contribution in [-0.2, 0) is 20.7 Å². The number of hydrogen-bond acceptors (Lipinski definition) is 3. The van der Waals surface area contributed by atoms with Gasteiger partial charge < -0.3 is 15.4 Å². The number of methoxy groups -OCH3 is 1. The van der Waals surface area contributed by atoms with Crippen LogP contribution in [0.4, 0.5) is 0 Å². The van der Waals surface area contributed by atoms with Crippen LogP contribution in [0.15, 0.2) is 48.5 Å². The van der Waals surface area contributed by atoms with Gasteiger partial charge in [-0.25, -0.2) is 0 Å². The first-order valence-electron chi connectivity index (χ1n) is 9.66. The normalized spacial score (nSPS) is 19.4. The van der Waals surface area contributed by atoms with Crippen molar-refractivity contribution in [2.24, 2.45) is 11.1 Å². The van der Waals surface area contributed by atoms with Gasteiger partial charge in [-0.15, -0.1) is 0 Å². The number of aryl methyl sites for hydroxylation is 1. The lowest BCUT2D eigenvalue weighted by Crippen LogP contribution is -2.53. The zero-order valence-electron chi connectivity index (χ0n) is 16.6. The van der Waals surface area contributed by atoms with Gasteiger partial charge >= 0.3 is 0 Å². The van der Waals surface area contributed by atoms with Gasteiger partial charge in [-0.05, 0) is 42.9 Å². The molecule has 1 fully saturated rings. The lowest BCUT2D eigenvalue weighted by molar-refractivity contribution is -0.142. The van der Waals surface area contributed by atoms with Crippen LogP contribution < -0.4 is 5.73 Å². The minimum Gasteiger partial charge on any atom is -0.375 e. The molecule has 0 spiro atoms. The van der Waals surface area contributed by atoms with E-state index in [0.717, 1.165) is 23.1 Å². The molecule has 0 aromatic heterocycles. The second kappa shape index (κ2) is 8.57. The summed E-state index contributed by atoms with van der Waals surface area (Å²) < 4.78 is 4.96. The number of benzene rings is 2. The van der Waals surface area contributed by atoms with E-state index >= 15 is 0 Å². The van der Waals surface area contributed by atoms with Crippen LogP contribution in [0.25, 0.3) is 11.1 Å². The fourth-order valence-electron chi connectivity index (χ4n) is 3.94. The standard InChI is InChI=1S/C23H28N2O3/c1-17-4-8-19(9-5-17)20-10-6-18(7-11-20)14-23(22(24)27)12-3-13-25(16-23)21(26)15-28-2/h4-11H,3,12-16H2,1-2H3,(H2,24,27)/t23-/m1/s1. The summed E-state index contributed by atoms with van der Waals surface area (Å²) in [5.41, 5.74) is 9.67. The largest absolute Gasteiger partial charge is 0.375 e. The summed E-state index contributed by atoms with van der Waals surface area (Å²) in [7, 11) is 1.50. The SMILES string of the molecule is COCC(=O)N1CCC[C@](Cc2ccc(-c3ccc(C)cc3)cc2)(C(N)=O)C1. The predicted octanol–water partition coefficient (Wildman–Crippen LogP) is 2.95. The second-order valence-corrected chi connectivity index (χ2v) is 7.74. The Balaban J connectivity index is 1.78. The van der Waals surface area contributed by atoms with Gasteiger partial charge in [0.2, 0.25) is 11.8 Å². The van der Waals surface area contributed by atoms with Crippen molar-refractivity contribution in [3.8, 4) is 11.1 Å². The molecule has 0 unspecified atom stereocenters. The van der Waals surface area contributed by atoms with E-state index in [0.29, 0.717) is 25.9 Å². The topological polar surface area (TPSA) is 72.6 Å². The molecule has 1 aliphatic rings. The van der Waals surface area contributed by atoms with Crippen molar-refractivity contribution < 1.29 is 14.3 Å². The van der Waals surface area contributed by atoms with Crippen LogP contribution in [0.3, 0.4) is 0 Å². The molecule has 1 aliphatic heterocycles. The maximum atomic E-state index is 12.4. The molecule has 1 heterocycles. The highest BCUT2D eigenvalue weighted by atomic mass is 16.5. The van der Waals surface area contributed by atoms with E-state index < -0.39 is 5.41 Å². The summed E-state index contributed by atoms with van der Waals surface area (Å²) in [5, 5.41) is 0.